The smallest absolute Gasteiger partial charge is 0.124 e. The van der Waals surface area contributed by atoms with Gasteiger partial charge in [0.25, 0.3) is 0 Å². The van der Waals surface area contributed by atoms with Crippen molar-refractivity contribution in [2.75, 3.05) is 13.2 Å². The molecule has 0 spiro atoms. The van der Waals surface area contributed by atoms with Crippen LogP contribution in [0.4, 0.5) is 4.39 Å². The van der Waals surface area contributed by atoms with Crippen molar-refractivity contribution >= 4 is 11.6 Å². The highest BCUT2D eigenvalue weighted by molar-refractivity contribution is 6.31. The Balaban J connectivity index is 2.35. The molecule has 0 bridgehead atoms. The Labute approximate surface area is 93.2 Å². The molecule has 0 atom stereocenters. The molecule has 1 aromatic rings. The number of rotatable bonds is 1. The van der Waals surface area contributed by atoms with E-state index in [0.717, 1.165) is 18.4 Å². The van der Waals surface area contributed by atoms with E-state index >= 15 is 0 Å². The molecule has 1 aromatic carbocycles. The second-order valence-corrected chi connectivity index (χ2v) is 4.30. The molecule has 0 amide bonds. The summed E-state index contributed by atoms with van der Waals surface area (Å²) in [5, 5.41) is 0.402. The standard InChI is InChI=1S/C11H13ClFNO/c12-10-7-8(13)1-2-9(10)11(14)3-5-15-6-4-11/h1-2,7H,3-6,14H2. The molecule has 0 saturated carbocycles. The molecule has 4 heteroatoms. The minimum absolute atomic E-state index is 0.334. The van der Waals surface area contributed by atoms with Crippen LogP contribution in [-0.4, -0.2) is 13.2 Å². The second-order valence-electron chi connectivity index (χ2n) is 3.89. The summed E-state index contributed by atoms with van der Waals surface area (Å²) in [6.45, 7) is 1.26. The largest absolute Gasteiger partial charge is 0.381 e. The lowest BCUT2D eigenvalue weighted by Gasteiger charge is -2.34. The predicted molar refractivity (Wildman–Crippen MR) is 57.3 cm³/mol. The highest BCUT2D eigenvalue weighted by Crippen LogP contribution is 2.34. The van der Waals surface area contributed by atoms with Crippen LogP contribution in [0.5, 0.6) is 0 Å². The Morgan fingerprint density at radius 3 is 2.60 bits per heavy atom. The van der Waals surface area contributed by atoms with Gasteiger partial charge in [-0.05, 0) is 30.5 Å². The van der Waals surface area contributed by atoms with E-state index in [1.165, 1.54) is 12.1 Å². The molecule has 0 aliphatic carbocycles. The molecule has 2 rings (SSSR count). The maximum absolute atomic E-state index is 12.9. The number of ether oxygens (including phenoxy) is 1. The lowest BCUT2D eigenvalue weighted by molar-refractivity contribution is 0.0523. The molecule has 1 fully saturated rings. The first-order valence-electron chi connectivity index (χ1n) is 4.94. The quantitative estimate of drug-likeness (QED) is 0.803. The van der Waals surface area contributed by atoms with E-state index in [0.29, 0.717) is 18.2 Å². The first-order chi connectivity index (χ1) is 7.12. The van der Waals surface area contributed by atoms with Crippen LogP contribution >= 0.6 is 11.6 Å². The molecule has 2 N–H and O–H groups in total. The third-order valence-electron chi connectivity index (χ3n) is 2.85. The molecule has 82 valence electrons. The van der Waals surface area contributed by atoms with Gasteiger partial charge in [0.05, 0.1) is 0 Å². The maximum Gasteiger partial charge on any atom is 0.124 e. The van der Waals surface area contributed by atoms with E-state index in [4.69, 9.17) is 22.1 Å². The number of halogens is 2. The summed E-state index contributed by atoms with van der Waals surface area (Å²) in [4.78, 5) is 0. The summed E-state index contributed by atoms with van der Waals surface area (Å²) in [5.74, 6) is -0.334. The van der Waals surface area contributed by atoms with Crippen LogP contribution in [0.3, 0.4) is 0 Å². The molecule has 1 aliphatic heterocycles. The van der Waals surface area contributed by atoms with Gasteiger partial charge in [0.2, 0.25) is 0 Å². The van der Waals surface area contributed by atoms with Crippen molar-refractivity contribution < 1.29 is 9.13 Å². The average molecular weight is 230 g/mol. The van der Waals surface area contributed by atoms with Crippen molar-refractivity contribution in [1.29, 1.82) is 0 Å². The highest BCUT2D eigenvalue weighted by atomic mass is 35.5. The third kappa shape index (κ3) is 2.14. The summed E-state index contributed by atoms with van der Waals surface area (Å²) >= 11 is 5.99. The van der Waals surface area contributed by atoms with Crippen molar-refractivity contribution in [3.63, 3.8) is 0 Å². The summed E-state index contributed by atoms with van der Waals surface area (Å²) in [6, 6.07) is 4.37. The Morgan fingerprint density at radius 2 is 2.00 bits per heavy atom. The van der Waals surface area contributed by atoms with Crippen LogP contribution in [0.2, 0.25) is 5.02 Å². The van der Waals surface area contributed by atoms with E-state index < -0.39 is 5.54 Å². The van der Waals surface area contributed by atoms with Crippen molar-refractivity contribution in [3.8, 4) is 0 Å². The zero-order valence-electron chi connectivity index (χ0n) is 8.30. The molecule has 0 unspecified atom stereocenters. The van der Waals surface area contributed by atoms with Crippen LogP contribution in [0.15, 0.2) is 18.2 Å². The first kappa shape index (κ1) is 10.9. The molecule has 0 aromatic heterocycles. The van der Waals surface area contributed by atoms with Crippen LogP contribution in [-0.2, 0) is 10.3 Å². The number of benzene rings is 1. The molecule has 1 heterocycles. The predicted octanol–water partition coefficient (Wildman–Crippen LogP) is 2.44. The molecule has 1 saturated heterocycles. The molecule has 2 nitrogen and oxygen atoms in total. The third-order valence-corrected chi connectivity index (χ3v) is 3.17. The van der Waals surface area contributed by atoms with Crippen LogP contribution < -0.4 is 5.73 Å². The summed E-state index contributed by atoms with van der Waals surface area (Å²) in [6.07, 6.45) is 1.44. The number of hydrogen-bond donors (Lipinski definition) is 1. The average Bonchev–Trinajstić information content (AvgIpc) is 2.18. The van der Waals surface area contributed by atoms with Crippen molar-refractivity contribution in [2.24, 2.45) is 5.73 Å². The maximum atomic E-state index is 12.9. The van der Waals surface area contributed by atoms with Gasteiger partial charge in [0.1, 0.15) is 5.82 Å². The lowest BCUT2D eigenvalue weighted by Crippen LogP contribution is -2.42. The van der Waals surface area contributed by atoms with Gasteiger partial charge in [-0.3, -0.25) is 0 Å². The lowest BCUT2D eigenvalue weighted by atomic mass is 9.84. The minimum Gasteiger partial charge on any atom is -0.381 e. The van der Waals surface area contributed by atoms with Crippen LogP contribution in [0.1, 0.15) is 18.4 Å². The van der Waals surface area contributed by atoms with Gasteiger partial charge in [-0.25, -0.2) is 4.39 Å². The summed E-state index contributed by atoms with van der Waals surface area (Å²) in [5.41, 5.74) is 6.59. The molecular weight excluding hydrogens is 217 g/mol. The fourth-order valence-corrected chi connectivity index (χ4v) is 2.25. The number of nitrogens with two attached hydrogens (primary N) is 1. The fourth-order valence-electron chi connectivity index (χ4n) is 1.90. The Morgan fingerprint density at radius 1 is 1.33 bits per heavy atom. The Bertz CT molecular complexity index is 364. The van der Waals surface area contributed by atoms with Gasteiger partial charge >= 0.3 is 0 Å². The van der Waals surface area contributed by atoms with Gasteiger partial charge < -0.3 is 10.5 Å². The topological polar surface area (TPSA) is 35.2 Å². The van der Waals surface area contributed by atoms with Crippen LogP contribution in [0, 0.1) is 5.82 Å². The van der Waals surface area contributed by atoms with E-state index in [-0.39, 0.29) is 5.82 Å². The Hall–Kier alpha value is -0.640. The van der Waals surface area contributed by atoms with E-state index in [1.807, 2.05) is 0 Å². The van der Waals surface area contributed by atoms with E-state index in [2.05, 4.69) is 0 Å². The summed E-state index contributed by atoms with van der Waals surface area (Å²) < 4.78 is 18.1. The van der Waals surface area contributed by atoms with Gasteiger partial charge in [0.15, 0.2) is 0 Å². The van der Waals surface area contributed by atoms with Gasteiger partial charge in [-0.1, -0.05) is 17.7 Å². The fraction of sp³-hybridized carbons (Fsp3) is 0.455. The van der Waals surface area contributed by atoms with Crippen molar-refractivity contribution in [2.45, 2.75) is 18.4 Å². The van der Waals surface area contributed by atoms with Gasteiger partial charge in [0, 0.05) is 23.8 Å². The highest BCUT2D eigenvalue weighted by Gasteiger charge is 2.31. The zero-order valence-corrected chi connectivity index (χ0v) is 9.06. The normalized spacial score (nSPS) is 20.2. The van der Waals surface area contributed by atoms with E-state index in [1.54, 1.807) is 6.07 Å². The molecular formula is C11H13ClFNO. The SMILES string of the molecule is NC1(c2ccc(F)cc2Cl)CCOCC1. The minimum atomic E-state index is -0.469. The summed E-state index contributed by atoms with van der Waals surface area (Å²) in [7, 11) is 0. The van der Waals surface area contributed by atoms with E-state index in [9.17, 15) is 4.39 Å². The Kier molecular flexibility index (Phi) is 2.96. The first-order valence-corrected chi connectivity index (χ1v) is 5.32. The molecule has 15 heavy (non-hydrogen) atoms. The van der Waals surface area contributed by atoms with Crippen molar-refractivity contribution in [1.82, 2.24) is 0 Å². The van der Waals surface area contributed by atoms with Gasteiger partial charge in [-0.2, -0.15) is 0 Å². The van der Waals surface area contributed by atoms with Crippen LogP contribution in [0.25, 0.3) is 0 Å². The zero-order chi connectivity index (χ0) is 10.9. The second kappa shape index (κ2) is 4.08. The molecule has 0 radical (unpaired) electrons. The monoisotopic (exact) mass is 229 g/mol. The van der Waals surface area contributed by atoms with Crippen molar-refractivity contribution in [3.05, 3.63) is 34.6 Å². The molecule has 1 aliphatic rings. The number of hydrogen-bond acceptors (Lipinski definition) is 2. The van der Waals surface area contributed by atoms with Gasteiger partial charge in [-0.15, -0.1) is 0 Å².